The molecule has 0 amide bonds. The highest BCUT2D eigenvalue weighted by molar-refractivity contribution is 5.69. The minimum absolute atomic E-state index is 0.00838. The number of carbonyl (C=O) groups is 5. The highest BCUT2D eigenvalue weighted by Gasteiger charge is 2.66. The molecule has 1 aliphatic heterocycles. The molecule has 17 heteroatoms. The molecule has 0 spiro atoms. The molecule has 0 bridgehead atoms. The maximum absolute atomic E-state index is 12.2. The normalized spacial score (nSPS) is 39.4. The lowest BCUT2D eigenvalue weighted by Gasteiger charge is -2.63. The Balaban J connectivity index is 1.13. The molecule has 59 heavy (non-hydrogen) atoms. The molecule has 6 rings (SSSR count). The van der Waals surface area contributed by atoms with Crippen molar-refractivity contribution in [3.63, 3.8) is 0 Å². The van der Waals surface area contributed by atoms with E-state index in [1.807, 2.05) is 4.68 Å². The van der Waals surface area contributed by atoms with Crippen LogP contribution in [0.3, 0.4) is 0 Å². The first-order valence-electron chi connectivity index (χ1n) is 21.1. The number of fused-ring (bicyclic) bond motifs is 5. The fourth-order valence-electron chi connectivity index (χ4n) is 12.1. The average Bonchev–Trinajstić information content (AvgIpc) is 3.79. The van der Waals surface area contributed by atoms with Gasteiger partial charge in [-0.05, 0) is 97.7 Å². The highest BCUT2D eigenvalue weighted by atomic mass is 16.7. The van der Waals surface area contributed by atoms with Crippen molar-refractivity contribution in [1.29, 1.82) is 0 Å². The molecule has 1 aromatic rings. The maximum atomic E-state index is 12.2. The number of rotatable bonds is 13. The lowest BCUT2D eigenvalue weighted by Crippen LogP contribution is -2.62. The van der Waals surface area contributed by atoms with E-state index >= 15 is 0 Å². The molecular formula is C42H63N3O14. The number of hydrogen-bond donors (Lipinski definition) is 2. The summed E-state index contributed by atoms with van der Waals surface area (Å²) in [6.07, 6.45) is 1.17. The molecule has 330 valence electrons. The molecule has 0 unspecified atom stereocenters. The van der Waals surface area contributed by atoms with Gasteiger partial charge in [-0.2, -0.15) is 0 Å². The lowest BCUT2D eigenvalue weighted by atomic mass is 9.43. The van der Waals surface area contributed by atoms with Gasteiger partial charge in [0.05, 0.1) is 38.2 Å². The number of ether oxygens (including phenoxy) is 7. The standard InChI is InChI=1S/C42H63N3O14/c1-21(9-12-35(52)53-8)29-10-11-30-36-31(17-34(51)42(29,30)7)41(6)14-13-28(15-26(41)16-32(36)50)45-18-27(43-44-45)19-55-40-39(58-25(5)49)38(57-24(4)48)37(56-23(3)47)33(59-40)20-54-22(2)46/h18,21,26,28-34,36-40,50-51H,9-17,19-20H2,1-8H3/t21-,26+,28+,29-,30+,31+,32-,33-,34+,36+,37-,38+,39-,40+,41+,42-/m1/s1. The summed E-state index contributed by atoms with van der Waals surface area (Å²) >= 11 is 0. The van der Waals surface area contributed by atoms with Crippen molar-refractivity contribution in [3.05, 3.63) is 11.9 Å². The van der Waals surface area contributed by atoms with Crippen LogP contribution in [-0.4, -0.2) is 112 Å². The Morgan fingerprint density at radius 2 is 1.58 bits per heavy atom. The van der Waals surface area contributed by atoms with Crippen LogP contribution < -0.4 is 0 Å². The van der Waals surface area contributed by atoms with E-state index in [0.29, 0.717) is 25.0 Å². The van der Waals surface area contributed by atoms with Gasteiger partial charge < -0.3 is 43.4 Å². The van der Waals surface area contributed by atoms with Gasteiger partial charge in [-0.15, -0.1) is 5.10 Å². The number of aliphatic hydroxyl groups is 2. The molecule has 5 aliphatic rings. The SMILES string of the molecule is COC(=O)CC[C@@H](C)[C@H]1CC[C@H]2[C@@H]3[C@H](O)C[C@@H]4C[C@@H](n5cc(CO[C@H]6O[C@H](COC(C)=O)[C@@H](OC(C)=O)[C@H](OC(C)=O)[C@H]6OC(C)=O)nn5)CC[C@]4(C)[C@H]3C[C@H](O)[C@]12C. The second kappa shape index (κ2) is 18.1. The van der Waals surface area contributed by atoms with Gasteiger partial charge >= 0.3 is 29.8 Å². The van der Waals surface area contributed by atoms with Gasteiger partial charge in [0.1, 0.15) is 18.4 Å². The van der Waals surface area contributed by atoms with Gasteiger partial charge in [0.2, 0.25) is 0 Å². The summed E-state index contributed by atoms with van der Waals surface area (Å²) in [5, 5.41) is 32.8. The van der Waals surface area contributed by atoms with E-state index in [9.17, 15) is 34.2 Å². The third kappa shape index (κ3) is 9.18. The third-order valence-corrected chi connectivity index (χ3v) is 14.8. The summed E-state index contributed by atoms with van der Waals surface area (Å²) in [7, 11) is 1.41. The quantitative estimate of drug-likeness (QED) is 0.214. The molecule has 1 saturated heterocycles. The summed E-state index contributed by atoms with van der Waals surface area (Å²) in [6, 6.07) is 0.00838. The van der Waals surface area contributed by atoms with Gasteiger partial charge in [0.15, 0.2) is 24.6 Å². The van der Waals surface area contributed by atoms with Gasteiger partial charge in [0.25, 0.3) is 0 Å². The van der Waals surface area contributed by atoms with Crippen molar-refractivity contribution in [3.8, 4) is 0 Å². The van der Waals surface area contributed by atoms with Crippen molar-refractivity contribution in [2.75, 3.05) is 13.7 Å². The number of nitrogens with zero attached hydrogens (tertiary/aromatic N) is 3. The average molecular weight is 834 g/mol. The van der Waals surface area contributed by atoms with E-state index in [2.05, 4.69) is 31.1 Å². The second-order valence-electron chi connectivity index (χ2n) is 18.2. The largest absolute Gasteiger partial charge is 0.469 e. The van der Waals surface area contributed by atoms with Crippen LogP contribution in [0.5, 0.6) is 0 Å². The molecule has 4 aliphatic carbocycles. The van der Waals surface area contributed by atoms with Crippen molar-refractivity contribution in [2.45, 2.75) is 162 Å². The molecule has 2 heterocycles. The van der Waals surface area contributed by atoms with Crippen molar-refractivity contribution < 1.29 is 67.3 Å². The van der Waals surface area contributed by atoms with E-state index in [-0.39, 0.29) is 71.6 Å². The monoisotopic (exact) mass is 833 g/mol. The van der Waals surface area contributed by atoms with Gasteiger partial charge in [-0.25, -0.2) is 4.68 Å². The molecule has 1 aromatic heterocycles. The van der Waals surface area contributed by atoms with Crippen LogP contribution in [0.1, 0.15) is 118 Å². The Morgan fingerprint density at radius 3 is 2.24 bits per heavy atom. The zero-order chi connectivity index (χ0) is 43.0. The number of aliphatic hydroxyl groups excluding tert-OH is 2. The first-order valence-corrected chi connectivity index (χ1v) is 21.1. The van der Waals surface area contributed by atoms with Crippen LogP contribution in [0.4, 0.5) is 0 Å². The predicted octanol–water partition coefficient (Wildman–Crippen LogP) is 3.61. The Hall–Kier alpha value is -3.67. The number of carbonyl (C=O) groups excluding carboxylic acids is 5. The van der Waals surface area contributed by atoms with Crippen LogP contribution >= 0.6 is 0 Å². The van der Waals surface area contributed by atoms with E-state index < -0.39 is 66.8 Å². The third-order valence-electron chi connectivity index (χ3n) is 14.8. The molecular weight excluding hydrogens is 770 g/mol. The number of aromatic nitrogens is 3. The molecule has 16 atom stereocenters. The van der Waals surface area contributed by atoms with Crippen molar-refractivity contribution in [2.24, 2.45) is 46.3 Å². The van der Waals surface area contributed by atoms with Crippen LogP contribution in [0.25, 0.3) is 0 Å². The van der Waals surface area contributed by atoms with E-state index in [0.717, 1.165) is 59.3 Å². The first-order chi connectivity index (χ1) is 27.9. The first kappa shape index (κ1) is 44.9. The van der Waals surface area contributed by atoms with Crippen molar-refractivity contribution in [1.82, 2.24) is 15.0 Å². The van der Waals surface area contributed by atoms with Crippen LogP contribution in [0.15, 0.2) is 6.20 Å². The second-order valence-corrected chi connectivity index (χ2v) is 18.2. The molecule has 0 radical (unpaired) electrons. The number of esters is 5. The Kier molecular flexibility index (Phi) is 13.8. The maximum Gasteiger partial charge on any atom is 0.305 e. The van der Waals surface area contributed by atoms with Gasteiger partial charge in [-0.3, -0.25) is 24.0 Å². The summed E-state index contributed by atoms with van der Waals surface area (Å²) in [5.41, 5.74) is 0.0485. The highest BCUT2D eigenvalue weighted by Crippen LogP contribution is 2.69. The zero-order valence-corrected chi connectivity index (χ0v) is 35.6. The minimum atomic E-state index is -1.36. The van der Waals surface area contributed by atoms with E-state index in [1.165, 1.54) is 14.0 Å². The fraction of sp³-hybridized carbons (Fsp3) is 0.833. The van der Waals surface area contributed by atoms with Gasteiger partial charge in [-0.1, -0.05) is 26.0 Å². The van der Waals surface area contributed by atoms with Gasteiger partial charge in [0, 0.05) is 34.1 Å². The fourth-order valence-corrected chi connectivity index (χ4v) is 12.1. The minimum Gasteiger partial charge on any atom is -0.469 e. The predicted molar refractivity (Wildman–Crippen MR) is 204 cm³/mol. The lowest BCUT2D eigenvalue weighted by molar-refractivity contribution is -0.310. The van der Waals surface area contributed by atoms with Crippen LogP contribution in [0, 0.1) is 46.3 Å². The van der Waals surface area contributed by atoms with Crippen LogP contribution in [-0.2, 0) is 63.7 Å². The number of methoxy groups -OCH3 is 1. The Morgan fingerprint density at radius 1 is 0.898 bits per heavy atom. The molecule has 0 aromatic carbocycles. The molecule has 2 N–H and O–H groups in total. The van der Waals surface area contributed by atoms with Crippen molar-refractivity contribution >= 4 is 29.8 Å². The van der Waals surface area contributed by atoms with E-state index in [4.69, 9.17) is 33.2 Å². The summed E-state index contributed by atoms with van der Waals surface area (Å²) < 4.78 is 40.5. The zero-order valence-electron chi connectivity index (χ0n) is 35.6. The summed E-state index contributed by atoms with van der Waals surface area (Å²) in [6.45, 7) is 10.9. The molecule has 4 saturated carbocycles. The van der Waals surface area contributed by atoms with E-state index in [1.54, 1.807) is 6.20 Å². The smallest absolute Gasteiger partial charge is 0.305 e. The van der Waals surface area contributed by atoms with Crippen LogP contribution in [0.2, 0.25) is 0 Å². The summed E-state index contributed by atoms with van der Waals surface area (Å²) in [4.78, 5) is 60.2. The summed E-state index contributed by atoms with van der Waals surface area (Å²) in [5.74, 6) is -1.84. The molecule has 17 nitrogen and oxygen atoms in total. The molecule has 5 fully saturated rings. The number of hydrogen-bond acceptors (Lipinski definition) is 16. The Bertz CT molecular complexity index is 1700. The Labute approximate surface area is 345 Å². The topological polar surface area (TPSA) is 221 Å².